The minimum absolute atomic E-state index is 0.0733. The van der Waals surface area contributed by atoms with E-state index in [1.807, 2.05) is 79.9 Å². The third kappa shape index (κ3) is 7.92. The second-order valence-electron chi connectivity index (χ2n) is 11.5. The lowest BCUT2D eigenvalue weighted by molar-refractivity contribution is -0.216. The molecule has 1 aromatic heterocycles. The zero-order valence-corrected chi connectivity index (χ0v) is 29.5. The van der Waals surface area contributed by atoms with Crippen LogP contribution in [0.15, 0.2) is 78.9 Å². The van der Waals surface area contributed by atoms with Crippen LogP contribution in [-0.2, 0) is 0 Å². The van der Waals surface area contributed by atoms with Gasteiger partial charge in [0.15, 0.2) is 23.0 Å². The molecule has 10 nitrogen and oxygen atoms in total. The number of fused-ring (bicyclic) bond motifs is 1. The van der Waals surface area contributed by atoms with Crippen molar-refractivity contribution in [2.45, 2.75) is 13.2 Å². The molecule has 0 radical (unpaired) electrons. The van der Waals surface area contributed by atoms with Crippen LogP contribution < -0.4 is 28.5 Å². The Bertz CT molecular complexity index is 1830. The topological polar surface area (TPSA) is 78.0 Å². The second kappa shape index (κ2) is 15.6. The van der Waals surface area contributed by atoms with Gasteiger partial charge >= 0.3 is 0 Å². The third-order valence-electron chi connectivity index (χ3n) is 8.48. The normalized spacial score (nSPS) is 14.7. The summed E-state index contributed by atoms with van der Waals surface area (Å²) in [5.41, 5.74) is 3.97. The molecule has 0 bridgehead atoms. The minimum atomic E-state index is -0.0733. The number of hydroxylamine groups is 1. The number of aromatic nitrogens is 1. The predicted octanol–water partition coefficient (Wildman–Crippen LogP) is 7.35. The van der Waals surface area contributed by atoms with Crippen molar-refractivity contribution in [3.63, 3.8) is 0 Å². The Hall–Kier alpha value is -4.81. The maximum atomic E-state index is 6.33. The van der Waals surface area contributed by atoms with Crippen LogP contribution in [0, 0.1) is 0 Å². The van der Waals surface area contributed by atoms with Gasteiger partial charge in [-0.1, -0.05) is 35.5 Å². The zero-order valence-electron chi connectivity index (χ0n) is 28.7. The van der Waals surface area contributed by atoms with Gasteiger partial charge in [-0.25, -0.2) is 9.99 Å². The minimum Gasteiger partial charge on any atom is -0.493 e. The molecule has 0 N–H and O–H groups in total. The van der Waals surface area contributed by atoms with E-state index in [-0.39, 0.29) is 6.23 Å². The molecule has 1 fully saturated rings. The average Bonchev–Trinajstić information content (AvgIpc) is 3.58. The van der Waals surface area contributed by atoms with Crippen molar-refractivity contribution >= 4 is 33.7 Å². The van der Waals surface area contributed by atoms with Crippen molar-refractivity contribution in [1.29, 1.82) is 0 Å². The Morgan fingerprint density at radius 1 is 0.735 bits per heavy atom. The third-order valence-corrected chi connectivity index (χ3v) is 9.56. The summed E-state index contributed by atoms with van der Waals surface area (Å²) in [6.45, 7) is 5.31. The Balaban J connectivity index is 1.04. The number of ether oxygens (including phenoxy) is 5. The first-order chi connectivity index (χ1) is 23.9. The van der Waals surface area contributed by atoms with Gasteiger partial charge in [0.25, 0.3) is 0 Å². The highest BCUT2D eigenvalue weighted by Gasteiger charge is 2.26. The van der Waals surface area contributed by atoms with Gasteiger partial charge in [0, 0.05) is 38.8 Å². The number of nitrogens with zero attached hydrogens (tertiary/aromatic N) is 4. The van der Waals surface area contributed by atoms with Crippen molar-refractivity contribution < 1.29 is 28.5 Å². The zero-order chi connectivity index (χ0) is 34.3. The lowest BCUT2D eigenvalue weighted by atomic mass is 10.1. The van der Waals surface area contributed by atoms with Crippen molar-refractivity contribution in [2.24, 2.45) is 0 Å². The summed E-state index contributed by atoms with van der Waals surface area (Å²) in [4.78, 5) is 13.4. The lowest BCUT2D eigenvalue weighted by Crippen LogP contribution is -2.56. The summed E-state index contributed by atoms with van der Waals surface area (Å²) < 4.78 is 29.6. The fourth-order valence-electron chi connectivity index (χ4n) is 5.76. The molecule has 0 aliphatic carbocycles. The number of hydrogen-bond acceptors (Lipinski definition) is 11. The van der Waals surface area contributed by atoms with Crippen LogP contribution in [0.3, 0.4) is 0 Å². The first-order valence-corrected chi connectivity index (χ1v) is 16.9. The molecule has 1 unspecified atom stereocenters. The molecule has 1 saturated heterocycles. The van der Waals surface area contributed by atoms with Crippen LogP contribution in [0.4, 0.5) is 0 Å². The number of hydrazine groups is 1. The van der Waals surface area contributed by atoms with Gasteiger partial charge in [-0.15, -0.1) is 11.3 Å². The van der Waals surface area contributed by atoms with Gasteiger partial charge in [0.1, 0.15) is 17.0 Å². The molecule has 0 saturated carbocycles. The summed E-state index contributed by atoms with van der Waals surface area (Å²) in [5, 5.41) is 4.97. The van der Waals surface area contributed by atoms with Crippen LogP contribution in [0.1, 0.15) is 18.1 Å². The van der Waals surface area contributed by atoms with Gasteiger partial charge in [0.05, 0.1) is 38.7 Å². The summed E-state index contributed by atoms with van der Waals surface area (Å²) in [6.07, 6.45) is 3.91. The first kappa shape index (κ1) is 34.1. The maximum absolute atomic E-state index is 6.33. The predicted molar refractivity (Wildman–Crippen MR) is 195 cm³/mol. The molecule has 49 heavy (non-hydrogen) atoms. The lowest BCUT2D eigenvalue weighted by Gasteiger charge is -2.40. The molecule has 6 rings (SSSR count). The molecule has 1 atom stereocenters. The molecule has 0 spiro atoms. The number of piperazine rings is 1. The van der Waals surface area contributed by atoms with E-state index in [9.17, 15) is 0 Å². The maximum Gasteiger partial charge on any atom is 0.203 e. The summed E-state index contributed by atoms with van der Waals surface area (Å²) in [7, 11) is 8.36. The molecule has 5 aromatic rings. The van der Waals surface area contributed by atoms with Gasteiger partial charge in [0.2, 0.25) is 5.75 Å². The second-order valence-corrected chi connectivity index (χ2v) is 12.5. The molecular formula is C38H42N4O6S. The van der Waals surface area contributed by atoms with Crippen molar-refractivity contribution in [1.82, 2.24) is 20.1 Å². The molecule has 4 aromatic carbocycles. The molecule has 1 aliphatic rings. The summed E-state index contributed by atoms with van der Waals surface area (Å²) >= 11 is 1.70. The average molecular weight is 683 g/mol. The van der Waals surface area contributed by atoms with E-state index in [1.165, 1.54) is 4.70 Å². The van der Waals surface area contributed by atoms with Crippen LogP contribution in [0.25, 0.3) is 32.9 Å². The number of hydrogen-bond donors (Lipinski definition) is 0. The largest absolute Gasteiger partial charge is 0.493 e. The monoisotopic (exact) mass is 682 g/mol. The van der Waals surface area contributed by atoms with Crippen LogP contribution >= 0.6 is 11.3 Å². The molecule has 2 heterocycles. The fourth-order valence-corrected chi connectivity index (χ4v) is 6.73. The number of thiazole rings is 1. The highest BCUT2D eigenvalue weighted by Crippen LogP contribution is 2.39. The molecule has 0 amide bonds. The molecule has 1 aliphatic heterocycles. The Morgan fingerprint density at radius 3 is 2.04 bits per heavy atom. The van der Waals surface area contributed by atoms with Crippen LogP contribution in [-0.4, -0.2) is 88.0 Å². The fraction of sp³-hybridized carbons (Fsp3) is 0.289. The van der Waals surface area contributed by atoms with Crippen molar-refractivity contribution in [3.8, 4) is 45.1 Å². The van der Waals surface area contributed by atoms with E-state index in [4.69, 9.17) is 33.5 Å². The molecular weight excluding hydrogens is 641 g/mol. The van der Waals surface area contributed by atoms with E-state index < -0.39 is 0 Å². The number of benzene rings is 4. The number of methoxy groups -OCH3 is 4. The van der Waals surface area contributed by atoms with Gasteiger partial charge in [-0.05, 0) is 78.7 Å². The highest BCUT2D eigenvalue weighted by molar-refractivity contribution is 7.21. The number of para-hydroxylation sites is 1. The van der Waals surface area contributed by atoms with Crippen molar-refractivity contribution in [2.75, 3.05) is 61.7 Å². The Morgan fingerprint density at radius 2 is 1.39 bits per heavy atom. The van der Waals surface area contributed by atoms with Gasteiger partial charge in [-0.3, -0.25) is 4.90 Å². The van der Waals surface area contributed by atoms with Gasteiger partial charge < -0.3 is 28.5 Å². The van der Waals surface area contributed by atoms with E-state index in [2.05, 4.69) is 35.0 Å². The Kier molecular flexibility index (Phi) is 10.8. The Labute approximate surface area is 291 Å². The smallest absolute Gasteiger partial charge is 0.203 e. The van der Waals surface area contributed by atoms with Crippen LogP contribution in [0.5, 0.6) is 34.5 Å². The van der Waals surface area contributed by atoms with Gasteiger partial charge in [-0.2, -0.15) is 0 Å². The van der Waals surface area contributed by atoms with Crippen molar-refractivity contribution in [3.05, 3.63) is 90.0 Å². The summed E-state index contributed by atoms with van der Waals surface area (Å²) in [6, 6.07) is 26.1. The van der Waals surface area contributed by atoms with Crippen LogP contribution in [0.2, 0.25) is 0 Å². The molecule has 256 valence electrons. The standard InChI is InChI=1S/C38H42N4O6S/c1-26(47-30-16-14-29(15-17-30)38-39-31-9-7-8-10-36(31)49-38)41-19-21-42(22-20-41)40(2)48-33-23-27(13-18-32(33)43-3)11-12-28-24-34(44-4)37(46-6)35(25-28)45-5/h7-18,23-26H,19-22H2,1-6H3. The quantitative estimate of drug-likeness (QED) is 0.0930. The van der Waals surface area contributed by atoms with E-state index in [0.717, 1.165) is 59.1 Å². The molecule has 11 heteroatoms. The van der Waals surface area contributed by atoms with E-state index in [0.29, 0.717) is 28.7 Å². The highest BCUT2D eigenvalue weighted by atomic mass is 32.1. The number of rotatable bonds is 13. The summed E-state index contributed by atoms with van der Waals surface area (Å²) in [5.74, 6) is 3.85. The first-order valence-electron chi connectivity index (χ1n) is 16.1. The SMILES string of the molecule is COc1ccc(C=Cc2cc(OC)c(OC)c(OC)c2)cc1ON(C)N1CCN(C(C)Oc2ccc(-c3nc4ccccc4s3)cc2)CC1. The van der Waals surface area contributed by atoms with E-state index in [1.54, 1.807) is 44.9 Å². The van der Waals surface area contributed by atoms with E-state index >= 15 is 0 Å².